The summed E-state index contributed by atoms with van der Waals surface area (Å²) < 4.78 is 13.7. The van der Waals surface area contributed by atoms with Crippen molar-refractivity contribution in [2.75, 3.05) is 14.1 Å². The molecule has 0 saturated heterocycles. The van der Waals surface area contributed by atoms with Gasteiger partial charge < -0.3 is 10.0 Å². The highest BCUT2D eigenvalue weighted by Gasteiger charge is 2.29. The SMILES string of the molecule is CCC(C)(Pc1ccc(F)cc1CN(C)C)c1cc(C)ccc1O. The highest BCUT2D eigenvalue weighted by Crippen LogP contribution is 2.47. The van der Waals surface area contributed by atoms with Crippen LogP contribution in [0.15, 0.2) is 36.4 Å². The van der Waals surface area contributed by atoms with Crippen molar-refractivity contribution in [3.63, 3.8) is 0 Å². The van der Waals surface area contributed by atoms with Crippen molar-refractivity contribution in [3.8, 4) is 5.75 Å². The molecular formula is C20H27FNOP. The van der Waals surface area contributed by atoms with Crippen LogP contribution >= 0.6 is 8.58 Å². The van der Waals surface area contributed by atoms with Gasteiger partial charge in [0, 0.05) is 17.3 Å². The first-order chi connectivity index (χ1) is 11.2. The van der Waals surface area contributed by atoms with Crippen molar-refractivity contribution < 1.29 is 9.50 Å². The minimum atomic E-state index is -0.197. The Kier molecular flexibility index (Phi) is 6.01. The lowest BCUT2D eigenvalue weighted by Gasteiger charge is -2.31. The molecule has 130 valence electrons. The molecule has 2 rings (SSSR count). The molecule has 2 aromatic rings. The van der Waals surface area contributed by atoms with Crippen molar-refractivity contribution in [2.24, 2.45) is 0 Å². The number of nitrogens with zero attached hydrogens (tertiary/aromatic N) is 1. The number of halogens is 1. The van der Waals surface area contributed by atoms with E-state index in [0.29, 0.717) is 20.9 Å². The topological polar surface area (TPSA) is 23.5 Å². The summed E-state index contributed by atoms with van der Waals surface area (Å²) in [7, 11) is 4.44. The summed E-state index contributed by atoms with van der Waals surface area (Å²) in [6, 6.07) is 10.8. The van der Waals surface area contributed by atoms with Gasteiger partial charge in [0.25, 0.3) is 0 Å². The molecule has 2 nitrogen and oxygen atoms in total. The molecule has 0 radical (unpaired) electrons. The predicted octanol–water partition coefficient (Wildman–Crippen LogP) is 4.53. The van der Waals surface area contributed by atoms with Gasteiger partial charge in [-0.3, -0.25) is 0 Å². The fourth-order valence-electron chi connectivity index (χ4n) is 2.89. The van der Waals surface area contributed by atoms with Crippen molar-refractivity contribution in [3.05, 3.63) is 58.9 Å². The van der Waals surface area contributed by atoms with Crippen molar-refractivity contribution in [2.45, 2.75) is 38.9 Å². The third kappa shape index (κ3) is 4.34. The summed E-state index contributed by atoms with van der Waals surface area (Å²) >= 11 is 0. The van der Waals surface area contributed by atoms with Gasteiger partial charge in [-0.25, -0.2) is 4.39 Å². The van der Waals surface area contributed by atoms with E-state index < -0.39 is 0 Å². The summed E-state index contributed by atoms with van der Waals surface area (Å²) in [5.74, 6) is 0.144. The number of phenols is 1. The van der Waals surface area contributed by atoms with Gasteiger partial charge in [0.2, 0.25) is 0 Å². The fourth-order valence-corrected chi connectivity index (χ4v) is 4.48. The number of hydrogen-bond acceptors (Lipinski definition) is 2. The minimum Gasteiger partial charge on any atom is -0.508 e. The van der Waals surface area contributed by atoms with Gasteiger partial charge >= 0.3 is 0 Å². The van der Waals surface area contributed by atoms with Crippen LogP contribution in [0.1, 0.15) is 37.0 Å². The third-order valence-corrected chi connectivity index (χ3v) is 6.35. The van der Waals surface area contributed by atoms with E-state index in [1.165, 1.54) is 6.07 Å². The number of phenolic OH excluding ortho intramolecular Hbond substituents is 1. The number of aryl methyl sites for hydroxylation is 1. The number of benzene rings is 2. The van der Waals surface area contributed by atoms with E-state index in [2.05, 4.69) is 24.8 Å². The lowest BCUT2D eigenvalue weighted by atomic mass is 9.95. The first kappa shape index (κ1) is 18.9. The molecule has 0 aliphatic carbocycles. The van der Waals surface area contributed by atoms with Crippen LogP contribution in [0.3, 0.4) is 0 Å². The Labute approximate surface area is 146 Å². The number of rotatable bonds is 6. The smallest absolute Gasteiger partial charge is 0.123 e. The molecule has 0 aliphatic rings. The first-order valence-electron chi connectivity index (χ1n) is 8.26. The summed E-state index contributed by atoms with van der Waals surface area (Å²) in [5, 5.41) is 11.4. The number of aromatic hydroxyl groups is 1. The lowest BCUT2D eigenvalue weighted by molar-refractivity contribution is 0.402. The summed E-state index contributed by atoms with van der Waals surface area (Å²) in [4.78, 5) is 2.05. The molecule has 2 unspecified atom stereocenters. The fraction of sp³-hybridized carbons (Fsp3) is 0.400. The quantitative estimate of drug-likeness (QED) is 0.776. The second-order valence-electron chi connectivity index (χ2n) is 6.87. The van der Waals surface area contributed by atoms with Gasteiger partial charge in [-0.05, 0) is 56.5 Å². The van der Waals surface area contributed by atoms with E-state index in [9.17, 15) is 9.50 Å². The van der Waals surface area contributed by atoms with Gasteiger partial charge in [0.1, 0.15) is 11.6 Å². The molecule has 0 aliphatic heterocycles. The Balaban J connectivity index is 2.44. The number of hydrogen-bond donors (Lipinski definition) is 1. The molecule has 4 heteroatoms. The van der Waals surface area contributed by atoms with E-state index >= 15 is 0 Å². The maximum atomic E-state index is 13.7. The van der Waals surface area contributed by atoms with Crippen LogP contribution in [-0.4, -0.2) is 24.1 Å². The molecule has 0 aromatic heterocycles. The van der Waals surface area contributed by atoms with Crippen LogP contribution in [0.4, 0.5) is 4.39 Å². The average Bonchev–Trinajstić information content (AvgIpc) is 2.51. The van der Waals surface area contributed by atoms with Crippen LogP contribution in [0.2, 0.25) is 0 Å². The molecule has 1 N–H and O–H groups in total. The van der Waals surface area contributed by atoms with Crippen molar-refractivity contribution in [1.82, 2.24) is 4.90 Å². The van der Waals surface area contributed by atoms with E-state index in [0.717, 1.165) is 28.4 Å². The van der Waals surface area contributed by atoms with Gasteiger partial charge in [-0.2, -0.15) is 0 Å². The van der Waals surface area contributed by atoms with Gasteiger partial charge in [-0.1, -0.05) is 46.2 Å². The van der Waals surface area contributed by atoms with Crippen LogP contribution in [0.5, 0.6) is 5.75 Å². The maximum Gasteiger partial charge on any atom is 0.123 e. The Morgan fingerprint density at radius 1 is 1.17 bits per heavy atom. The highest BCUT2D eigenvalue weighted by atomic mass is 31.1. The Bertz CT molecular complexity index is 717. The normalized spacial score (nSPS) is 14.5. The molecule has 2 aromatic carbocycles. The molecule has 2 atom stereocenters. The highest BCUT2D eigenvalue weighted by molar-refractivity contribution is 7.48. The zero-order valence-corrected chi connectivity index (χ0v) is 16.2. The molecule has 0 amide bonds. The molecule has 24 heavy (non-hydrogen) atoms. The predicted molar refractivity (Wildman–Crippen MR) is 102 cm³/mol. The van der Waals surface area contributed by atoms with Crippen LogP contribution < -0.4 is 5.30 Å². The van der Waals surface area contributed by atoms with Gasteiger partial charge in [0.15, 0.2) is 0 Å². The second kappa shape index (κ2) is 7.63. The Morgan fingerprint density at radius 3 is 2.50 bits per heavy atom. The summed E-state index contributed by atoms with van der Waals surface area (Å²) in [6.45, 7) is 7.07. The van der Waals surface area contributed by atoms with E-state index in [1.807, 2.05) is 33.2 Å². The molecule has 0 bridgehead atoms. The van der Waals surface area contributed by atoms with Crippen LogP contribution in [0, 0.1) is 12.7 Å². The summed E-state index contributed by atoms with van der Waals surface area (Å²) in [5.41, 5.74) is 3.13. The minimum absolute atomic E-state index is 0.172. The first-order valence-corrected chi connectivity index (χ1v) is 9.26. The third-order valence-electron chi connectivity index (χ3n) is 4.42. The van der Waals surface area contributed by atoms with Gasteiger partial charge in [0.05, 0.1) is 0 Å². The molecule has 0 saturated carbocycles. The van der Waals surface area contributed by atoms with Crippen molar-refractivity contribution >= 4 is 13.9 Å². The molecule has 0 spiro atoms. The van der Waals surface area contributed by atoms with Crippen LogP contribution in [-0.2, 0) is 11.7 Å². The zero-order chi connectivity index (χ0) is 17.9. The zero-order valence-electron chi connectivity index (χ0n) is 15.2. The lowest BCUT2D eigenvalue weighted by Crippen LogP contribution is -2.23. The van der Waals surface area contributed by atoms with Gasteiger partial charge in [-0.15, -0.1) is 0 Å². The standard InChI is InChI=1S/C20H27FNOP/c1-6-20(3,17-11-14(2)7-9-18(17)23)24-19-10-8-16(21)12-15(19)13-22(4)5/h7-12,23-24H,6,13H2,1-5H3. The van der Waals surface area contributed by atoms with Crippen molar-refractivity contribution in [1.29, 1.82) is 0 Å². The second-order valence-corrected chi connectivity index (χ2v) is 8.76. The molecule has 0 fully saturated rings. The molecule has 0 heterocycles. The van der Waals surface area contributed by atoms with E-state index in [1.54, 1.807) is 12.1 Å². The Hall–Kier alpha value is -1.44. The summed E-state index contributed by atoms with van der Waals surface area (Å²) in [6.07, 6.45) is 0.904. The van der Waals surface area contributed by atoms with E-state index in [4.69, 9.17) is 0 Å². The average molecular weight is 347 g/mol. The Morgan fingerprint density at radius 2 is 1.88 bits per heavy atom. The monoisotopic (exact) mass is 347 g/mol. The van der Waals surface area contributed by atoms with E-state index in [-0.39, 0.29) is 11.0 Å². The maximum absolute atomic E-state index is 13.7. The largest absolute Gasteiger partial charge is 0.508 e. The molecular weight excluding hydrogens is 320 g/mol. The van der Waals surface area contributed by atoms with Crippen LogP contribution in [0.25, 0.3) is 0 Å².